The minimum atomic E-state index is 0.770. The second kappa shape index (κ2) is 2.29. The van der Waals surface area contributed by atoms with Crippen LogP contribution in [0.25, 0.3) is 0 Å². The molecule has 0 N–H and O–H groups in total. The van der Waals surface area contributed by atoms with Crippen molar-refractivity contribution in [2.75, 3.05) is 0 Å². The summed E-state index contributed by atoms with van der Waals surface area (Å²) in [7, 11) is 0. The van der Waals surface area contributed by atoms with Gasteiger partial charge in [0.05, 0.1) is 5.03 Å². The number of hydrogen-bond donors (Lipinski definition) is 0. The molecule has 0 nitrogen and oxygen atoms in total. The molecule has 1 rings (SSSR count). The molecule has 1 heteroatoms. The van der Waals surface area contributed by atoms with Crippen molar-refractivity contribution in [2.45, 2.75) is 13.8 Å². The maximum Gasteiger partial charge on any atom is 0.0527 e. The van der Waals surface area contributed by atoms with Crippen LogP contribution in [0.2, 0.25) is 0 Å². The minimum absolute atomic E-state index is 0.770. The molecule has 0 aromatic rings. The van der Waals surface area contributed by atoms with Crippen LogP contribution in [0.5, 0.6) is 0 Å². The van der Waals surface area contributed by atoms with Crippen LogP contribution in [0.3, 0.4) is 0 Å². The van der Waals surface area contributed by atoms with Crippen LogP contribution >= 0.6 is 11.6 Å². The summed E-state index contributed by atoms with van der Waals surface area (Å²) in [4.78, 5) is 0. The Morgan fingerprint density at radius 2 is 2.00 bits per heavy atom. The molecule has 46 valence electrons. The molecular formula is C8H7Cl. The Kier molecular flexibility index (Phi) is 1.64. The number of allylic oxidation sites excluding steroid dienone is 4. The molecule has 0 fully saturated rings. The number of halogens is 1. The van der Waals surface area contributed by atoms with Crippen molar-refractivity contribution in [1.82, 2.24) is 0 Å². The van der Waals surface area contributed by atoms with Crippen LogP contribution in [0, 0.1) is 0 Å². The van der Waals surface area contributed by atoms with Crippen LogP contribution in [0.4, 0.5) is 0 Å². The normalized spacial score (nSPS) is 16.6. The first-order valence-electron chi connectivity index (χ1n) is 2.77. The molecule has 9 heavy (non-hydrogen) atoms. The summed E-state index contributed by atoms with van der Waals surface area (Å²) in [5.41, 5.74) is 7.84. The van der Waals surface area contributed by atoms with E-state index in [1.54, 1.807) is 0 Å². The Morgan fingerprint density at radius 1 is 1.33 bits per heavy atom. The maximum atomic E-state index is 5.76. The average molecular weight is 139 g/mol. The van der Waals surface area contributed by atoms with Crippen LogP contribution in [0.1, 0.15) is 13.8 Å². The van der Waals surface area contributed by atoms with E-state index in [4.69, 9.17) is 11.6 Å². The zero-order valence-corrected chi connectivity index (χ0v) is 6.21. The van der Waals surface area contributed by atoms with Gasteiger partial charge < -0.3 is 0 Å². The Labute approximate surface area is 59.8 Å². The molecule has 0 aromatic carbocycles. The third kappa shape index (κ3) is 1.37. The lowest BCUT2D eigenvalue weighted by atomic mass is 10.2. The molecule has 0 saturated heterocycles. The Balaban J connectivity index is 3.23. The molecule has 0 saturated carbocycles. The smallest absolute Gasteiger partial charge is 0.0527 e. The largest absolute Gasteiger partial charge is 0.0833 e. The van der Waals surface area contributed by atoms with E-state index in [0.717, 1.165) is 16.2 Å². The van der Waals surface area contributed by atoms with Gasteiger partial charge in [-0.2, -0.15) is 0 Å². The lowest BCUT2D eigenvalue weighted by Gasteiger charge is -1.96. The molecular weight excluding hydrogens is 132 g/mol. The van der Waals surface area contributed by atoms with Gasteiger partial charge in [0.2, 0.25) is 0 Å². The van der Waals surface area contributed by atoms with Gasteiger partial charge in [0, 0.05) is 11.1 Å². The number of hydrogen-bond acceptors (Lipinski definition) is 0. The van der Waals surface area contributed by atoms with E-state index in [-0.39, 0.29) is 0 Å². The molecule has 0 aliphatic heterocycles. The summed E-state index contributed by atoms with van der Waals surface area (Å²) in [6.45, 7) is 3.86. The molecule has 0 radical (unpaired) electrons. The summed E-state index contributed by atoms with van der Waals surface area (Å²) in [6.07, 6.45) is 1.88. The fraction of sp³-hybridized carbons (Fsp3) is 0.250. The van der Waals surface area contributed by atoms with Gasteiger partial charge in [0.1, 0.15) is 0 Å². The highest BCUT2D eigenvalue weighted by Gasteiger charge is 1.96. The van der Waals surface area contributed by atoms with Crippen molar-refractivity contribution in [3.63, 3.8) is 0 Å². The van der Waals surface area contributed by atoms with Gasteiger partial charge in [-0.3, -0.25) is 0 Å². The molecule has 0 heterocycles. The van der Waals surface area contributed by atoms with Crippen LogP contribution in [-0.4, -0.2) is 0 Å². The van der Waals surface area contributed by atoms with Gasteiger partial charge in [-0.1, -0.05) is 23.1 Å². The highest BCUT2D eigenvalue weighted by molar-refractivity contribution is 6.32. The SMILES string of the molecule is CC1=C=C=C(C)C(Cl)=C1. The van der Waals surface area contributed by atoms with Crippen LogP contribution < -0.4 is 0 Å². The van der Waals surface area contributed by atoms with Crippen LogP contribution in [0.15, 0.2) is 33.7 Å². The summed E-state index contributed by atoms with van der Waals surface area (Å²) in [5, 5.41) is 0.770. The van der Waals surface area contributed by atoms with E-state index in [1.807, 2.05) is 19.9 Å². The van der Waals surface area contributed by atoms with Gasteiger partial charge in [0.15, 0.2) is 0 Å². The number of rotatable bonds is 0. The summed E-state index contributed by atoms with van der Waals surface area (Å²) in [6, 6.07) is 0. The standard InChI is InChI=1S/C8H7Cl/c1-6-3-4-7(2)8(9)5-6/h5H,1-2H3. The van der Waals surface area contributed by atoms with Crippen molar-refractivity contribution < 1.29 is 0 Å². The third-order valence-electron chi connectivity index (χ3n) is 1.15. The van der Waals surface area contributed by atoms with E-state index in [2.05, 4.69) is 11.5 Å². The Morgan fingerprint density at radius 3 is 2.44 bits per heavy atom. The van der Waals surface area contributed by atoms with Gasteiger partial charge >= 0.3 is 0 Å². The Bertz CT molecular complexity index is 256. The predicted octanol–water partition coefficient (Wildman–Crippen LogP) is 2.77. The summed E-state index contributed by atoms with van der Waals surface area (Å²) in [5.74, 6) is 0. The van der Waals surface area contributed by atoms with Crippen molar-refractivity contribution in [1.29, 1.82) is 0 Å². The summed E-state index contributed by atoms with van der Waals surface area (Å²) >= 11 is 5.76. The highest BCUT2D eigenvalue weighted by Crippen LogP contribution is 2.17. The van der Waals surface area contributed by atoms with E-state index in [0.29, 0.717) is 0 Å². The fourth-order valence-corrected chi connectivity index (χ4v) is 0.797. The minimum Gasteiger partial charge on any atom is -0.0833 e. The third-order valence-corrected chi connectivity index (χ3v) is 1.54. The van der Waals surface area contributed by atoms with Crippen molar-refractivity contribution in [3.05, 3.63) is 33.7 Å². The van der Waals surface area contributed by atoms with Gasteiger partial charge in [-0.15, -0.1) is 0 Å². The second-order valence-corrected chi connectivity index (χ2v) is 2.46. The molecule has 0 aromatic heterocycles. The second-order valence-electron chi connectivity index (χ2n) is 2.05. The molecule has 0 amide bonds. The molecule has 0 unspecified atom stereocenters. The topological polar surface area (TPSA) is 0 Å². The van der Waals surface area contributed by atoms with Gasteiger partial charge in [0.25, 0.3) is 0 Å². The maximum absolute atomic E-state index is 5.76. The van der Waals surface area contributed by atoms with E-state index >= 15 is 0 Å². The fourth-order valence-electron chi connectivity index (χ4n) is 0.586. The average Bonchev–Trinajstić information content (AvgIpc) is 1.80. The van der Waals surface area contributed by atoms with Gasteiger partial charge in [-0.05, 0) is 19.9 Å². The lowest BCUT2D eigenvalue weighted by Crippen LogP contribution is -1.78. The van der Waals surface area contributed by atoms with E-state index < -0.39 is 0 Å². The zero-order valence-electron chi connectivity index (χ0n) is 5.46. The molecule has 0 bridgehead atoms. The molecule has 0 atom stereocenters. The van der Waals surface area contributed by atoms with E-state index in [1.165, 1.54) is 0 Å². The van der Waals surface area contributed by atoms with Crippen molar-refractivity contribution in [3.8, 4) is 0 Å². The lowest BCUT2D eigenvalue weighted by molar-refractivity contribution is 1.43. The van der Waals surface area contributed by atoms with E-state index in [9.17, 15) is 0 Å². The monoisotopic (exact) mass is 138 g/mol. The first-order chi connectivity index (χ1) is 4.20. The van der Waals surface area contributed by atoms with Crippen molar-refractivity contribution >= 4 is 11.6 Å². The molecule has 1 aliphatic carbocycles. The Hall–Kier alpha value is -0.670. The first kappa shape index (κ1) is 6.45. The van der Waals surface area contributed by atoms with Gasteiger partial charge in [-0.25, -0.2) is 0 Å². The predicted molar refractivity (Wildman–Crippen MR) is 39.3 cm³/mol. The highest BCUT2D eigenvalue weighted by atomic mass is 35.5. The first-order valence-corrected chi connectivity index (χ1v) is 3.14. The quantitative estimate of drug-likeness (QED) is 0.452. The summed E-state index contributed by atoms with van der Waals surface area (Å²) < 4.78 is 0. The zero-order chi connectivity index (χ0) is 6.85. The molecule has 0 spiro atoms. The van der Waals surface area contributed by atoms with Crippen LogP contribution in [-0.2, 0) is 0 Å². The van der Waals surface area contributed by atoms with Crippen molar-refractivity contribution in [2.24, 2.45) is 0 Å². The molecule has 1 aliphatic rings.